The summed E-state index contributed by atoms with van der Waals surface area (Å²) in [5.74, 6) is 0. The standard InChI is InChI=1S/C61H42N2S/c1-61(2)54-21-11-8-17-47(54)48-31-30-44(38-55(48)61)62(43-28-24-39(25-29-43)40-27-35-60-53(36-40)51-20-10-13-23-59(51)64-60)57-34-32-45(46-16-6-7-18-49(46)57)41-26-33-58-52(37-41)50-19-9-12-22-56(50)63(58)42-14-4-3-5-15-42/h3-38H,1-2H3. The highest BCUT2D eigenvalue weighted by Gasteiger charge is 2.36. The summed E-state index contributed by atoms with van der Waals surface area (Å²) >= 11 is 1.86. The van der Waals surface area contributed by atoms with Crippen molar-refractivity contribution in [3.63, 3.8) is 0 Å². The molecule has 3 heteroatoms. The number of nitrogens with zero attached hydrogens (tertiary/aromatic N) is 2. The van der Waals surface area contributed by atoms with Crippen LogP contribution in [-0.4, -0.2) is 4.57 Å². The van der Waals surface area contributed by atoms with Gasteiger partial charge in [0.05, 0.1) is 16.7 Å². The molecule has 0 fully saturated rings. The average Bonchev–Trinajstić information content (AvgIpc) is 3.97. The van der Waals surface area contributed by atoms with Gasteiger partial charge in [-0.2, -0.15) is 0 Å². The summed E-state index contributed by atoms with van der Waals surface area (Å²) in [6, 6.07) is 81.0. The molecule has 0 bridgehead atoms. The van der Waals surface area contributed by atoms with Crippen LogP contribution in [0.25, 0.3) is 91.8 Å². The van der Waals surface area contributed by atoms with Crippen LogP contribution in [0.3, 0.4) is 0 Å². The summed E-state index contributed by atoms with van der Waals surface area (Å²) in [6.07, 6.45) is 0. The summed E-state index contributed by atoms with van der Waals surface area (Å²) in [5.41, 5.74) is 17.1. The van der Waals surface area contributed by atoms with Crippen LogP contribution < -0.4 is 4.90 Å². The van der Waals surface area contributed by atoms with Gasteiger partial charge in [-0.15, -0.1) is 11.3 Å². The zero-order valence-electron chi connectivity index (χ0n) is 35.6. The summed E-state index contributed by atoms with van der Waals surface area (Å²) in [6.45, 7) is 4.73. The lowest BCUT2D eigenvalue weighted by Crippen LogP contribution is -2.16. The fourth-order valence-electron chi connectivity index (χ4n) is 10.7. The topological polar surface area (TPSA) is 8.17 Å². The van der Waals surface area contributed by atoms with E-state index in [0.29, 0.717) is 0 Å². The number of rotatable bonds is 6. The lowest BCUT2D eigenvalue weighted by molar-refractivity contribution is 0.660. The highest BCUT2D eigenvalue weighted by Crippen LogP contribution is 2.51. The van der Waals surface area contributed by atoms with E-state index in [-0.39, 0.29) is 5.41 Å². The lowest BCUT2D eigenvalue weighted by atomic mass is 9.82. The van der Waals surface area contributed by atoms with Crippen LogP contribution in [0, 0.1) is 0 Å². The lowest BCUT2D eigenvalue weighted by Gasteiger charge is -2.29. The highest BCUT2D eigenvalue weighted by molar-refractivity contribution is 7.25. The van der Waals surface area contributed by atoms with Crippen molar-refractivity contribution in [2.45, 2.75) is 19.3 Å². The Labute approximate surface area is 376 Å². The minimum Gasteiger partial charge on any atom is -0.310 e. The van der Waals surface area contributed by atoms with Crippen LogP contribution >= 0.6 is 11.3 Å². The molecular formula is C61H42N2S. The number of fused-ring (bicyclic) bond motifs is 10. The molecule has 2 nitrogen and oxygen atoms in total. The van der Waals surface area contributed by atoms with E-state index in [9.17, 15) is 0 Å². The van der Waals surface area contributed by atoms with Gasteiger partial charge in [0.2, 0.25) is 0 Å². The van der Waals surface area contributed by atoms with E-state index >= 15 is 0 Å². The average molecular weight is 835 g/mol. The van der Waals surface area contributed by atoms with Crippen molar-refractivity contribution in [3.8, 4) is 39.1 Å². The number of hydrogen-bond acceptors (Lipinski definition) is 2. The molecule has 0 atom stereocenters. The van der Waals surface area contributed by atoms with E-state index in [1.54, 1.807) is 0 Å². The van der Waals surface area contributed by atoms with Crippen LogP contribution in [0.4, 0.5) is 17.1 Å². The Kier molecular flexibility index (Phi) is 8.16. The number of anilines is 3. The van der Waals surface area contributed by atoms with E-state index in [1.807, 2.05) is 11.3 Å². The van der Waals surface area contributed by atoms with Crippen molar-refractivity contribution in [1.82, 2.24) is 4.57 Å². The predicted molar refractivity (Wildman–Crippen MR) is 274 cm³/mol. The summed E-state index contributed by atoms with van der Waals surface area (Å²) in [4.78, 5) is 2.47. The van der Waals surface area contributed by atoms with Crippen molar-refractivity contribution < 1.29 is 0 Å². The first-order chi connectivity index (χ1) is 31.5. The van der Waals surface area contributed by atoms with Crippen LogP contribution in [0.15, 0.2) is 218 Å². The van der Waals surface area contributed by atoms with Gasteiger partial charge in [0.1, 0.15) is 0 Å². The third kappa shape index (κ3) is 5.57. The number of benzene rings is 10. The van der Waals surface area contributed by atoms with Crippen molar-refractivity contribution >= 4 is 81.1 Å². The van der Waals surface area contributed by atoms with Crippen LogP contribution in [0.5, 0.6) is 0 Å². The van der Waals surface area contributed by atoms with Gasteiger partial charge >= 0.3 is 0 Å². The predicted octanol–water partition coefficient (Wildman–Crippen LogP) is 17.4. The molecule has 2 aromatic heterocycles. The Hall–Kier alpha value is -7.72. The Morgan fingerprint density at radius 1 is 0.375 bits per heavy atom. The first-order valence-electron chi connectivity index (χ1n) is 22.2. The third-order valence-corrected chi connectivity index (χ3v) is 15.0. The van der Waals surface area contributed by atoms with E-state index in [0.717, 1.165) is 17.1 Å². The molecule has 0 N–H and O–H groups in total. The molecule has 0 spiro atoms. The Morgan fingerprint density at radius 3 is 1.84 bits per heavy atom. The van der Waals surface area contributed by atoms with Crippen molar-refractivity contribution in [1.29, 1.82) is 0 Å². The van der Waals surface area contributed by atoms with Gasteiger partial charge in [-0.25, -0.2) is 0 Å². The van der Waals surface area contributed by atoms with E-state index in [4.69, 9.17) is 0 Å². The van der Waals surface area contributed by atoms with Gasteiger partial charge < -0.3 is 9.47 Å². The molecule has 0 saturated carbocycles. The molecule has 64 heavy (non-hydrogen) atoms. The third-order valence-electron chi connectivity index (χ3n) is 13.8. The van der Waals surface area contributed by atoms with Gasteiger partial charge in [-0.05, 0) is 129 Å². The van der Waals surface area contributed by atoms with Gasteiger partial charge in [0.25, 0.3) is 0 Å². The maximum Gasteiger partial charge on any atom is 0.0541 e. The Balaban J connectivity index is 0.973. The SMILES string of the molecule is CC1(C)c2ccccc2-c2ccc(N(c3ccc(-c4ccc5sc6ccccc6c5c4)cc3)c3ccc(-c4ccc5c(c4)c4ccccc4n5-c4ccccc4)c4ccccc34)cc21. The van der Waals surface area contributed by atoms with Crippen molar-refractivity contribution in [3.05, 3.63) is 230 Å². The molecule has 10 aromatic carbocycles. The number of para-hydroxylation sites is 2. The first-order valence-corrected chi connectivity index (χ1v) is 23.0. The van der Waals surface area contributed by atoms with Gasteiger partial charge in [0, 0.05) is 58.8 Å². The van der Waals surface area contributed by atoms with Gasteiger partial charge in [-0.3, -0.25) is 0 Å². The number of hydrogen-bond donors (Lipinski definition) is 0. The van der Waals surface area contributed by atoms with Crippen molar-refractivity contribution in [2.75, 3.05) is 4.90 Å². The molecule has 0 aliphatic heterocycles. The van der Waals surface area contributed by atoms with E-state index < -0.39 is 0 Å². The quantitative estimate of drug-likeness (QED) is 0.162. The Bertz CT molecular complexity index is 3810. The van der Waals surface area contributed by atoms with Crippen LogP contribution in [0.1, 0.15) is 25.0 Å². The highest BCUT2D eigenvalue weighted by atomic mass is 32.1. The molecule has 12 aromatic rings. The minimum absolute atomic E-state index is 0.129. The molecule has 1 aliphatic rings. The van der Waals surface area contributed by atoms with E-state index in [2.05, 4.69) is 242 Å². The summed E-state index contributed by atoms with van der Waals surface area (Å²) in [5, 5.41) is 7.57. The molecule has 0 radical (unpaired) electrons. The molecule has 0 saturated heterocycles. The largest absolute Gasteiger partial charge is 0.310 e. The summed E-state index contributed by atoms with van der Waals surface area (Å²) < 4.78 is 5.04. The zero-order chi connectivity index (χ0) is 42.5. The number of thiophene rings is 1. The molecular weight excluding hydrogens is 793 g/mol. The second-order valence-corrected chi connectivity index (χ2v) is 18.8. The van der Waals surface area contributed by atoms with E-state index in [1.165, 1.54) is 103 Å². The number of aromatic nitrogens is 1. The fraction of sp³-hybridized carbons (Fsp3) is 0.0492. The summed E-state index contributed by atoms with van der Waals surface area (Å²) in [7, 11) is 0. The van der Waals surface area contributed by atoms with Gasteiger partial charge in [0.15, 0.2) is 0 Å². The monoisotopic (exact) mass is 834 g/mol. The Morgan fingerprint density at radius 2 is 0.984 bits per heavy atom. The smallest absolute Gasteiger partial charge is 0.0541 e. The van der Waals surface area contributed by atoms with Crippen LogP contribution in [0.2, 0.25) is 0 Å². The molecule has 1 aliphatic carbocycles. The second kappa shape index (κ2) is 14.2. The minimum atomic E-state index is -0.129. The van der Waals surface area contributed by atoms with Gasteiger partial charge in [-0.1, -0.05) is 153 Å². The molecule has 0 unspecified atom stereocenters. The molecule has 13 rings (SSSR count). The maximum absolute atomic E-state index is 2.47. The normalized spacial score (nSPS) is 13.0. The van der Waals surface area contributed by atoms with Crippen LogP contribution in [-0.2, 0) is 5.41 Å². The molecule has 2 heterocycles. The molecule has 0 amide bonds. The first kappa shape index (κ1) is 36.9. The molecule has 302 valence electrons. The second-order valence-electron chi connectivity index (χ2n) is 17.7. The fourth-order valence-corrected chi connectivity index (χ4v) is 11.8. The maximum atomic E-state index is 2.47. The van der Waals surface area contributed by atoms with Crippen molar-refractivity contribution in [2.24, 2.45) is 0 Å². The zero-order valence-corrected chi connectivity index (χ0v) is 36.4.